The Morgan fingerprint density at radius 2 is 1.92 bits per heavy atom. The second-order valence-electron chi connectivity index (χ2n) is 5.57. The van der Waals surface area contributed by atoms with Gasteiger partial charge in [-0.3, -0.25) is 0 Å². The summed E-state index contributed by atoms with van der Waals surface area (Å²) in [6.07, 6.45) is -4.44. The normalized spacial score (nSPS) is 11.8. The van der Waals surface area contributed by atoms with Crippen LogP contribution in [0, 0.1) is 11.8 Å². The molecule has 0 bridgehead atoms. The van der Waals surface area contributed by atoms with Gasteiger partial charge in [0.1, 0.15) is 0 Å². The molecule has 4 nitrogen and oxygen atoms in total. The molecule has 0 amide bonds. The third kappa shape index (κ3) is 2.73. The van der Waals surface area contributed by atoms with Gasteiger partial charge in [0, 0.05) is 5.39 Å². The van der Waals surface area contributed by atoms with Crippen molar-refractivity contribution in [2.24, 2.45) is 5.18 Å². The number of nitrogens with zero attached hydrogens (tertiary/aromatic N) is 2. The van der Waals surface area contributed by atoms with Crippen LogP contribution in [0.3, 0.4) is 0 Å². The minimum absolute atomic E-state index is 0.00909. The minimum Gasteiger partial charge on any atom is -0.493 e. The van der Waals surface area contributed by atoms with Gasteiger partial charge in [0.05, 0.1) is 17.6 Å². The van der Waals surface area contributed by atoms with Crippen molar-refractivity contribution in [3.05, 3.63) is 64.1 Å². The molecule has 3 aromatic rings. The first-order chi connectivity index (χ1) is 11.3. The molecule has 0 fully saturated rings. The summed E-state index contributed by atoms with van der Waals surface area (Å²) in [5.41, 5.74) is 0.894. The highest BCUT2D eigenvalue weighted by Gasteiger charge is 2.30. The molecule has 0 spiro atoms. The van der Waals surface area contributed by atoms with Crippen molar-refractivity contribution in [3.63, 3.8) is 0 Å². The molecule has 3 rings (SSSR count). The molecule has 2 aromatic carbocycles. The molecule has 0 aliphatic rings. The van der Waals surface area contributed by atoms with E-state index in [4.69, 9.17) is 0 Å². The van der Waals surface area contributed by atoms with Crippen molar-refractivity contribution in [2.45, 2.75) is 19.6 Å². The SMILES string of the molecule is Cc1ccc2c(c1)c(N=O)c(O)n2Cc1cccc(C(F)(F)F)c1. The maximum absolute atomic E-state index is 12.8. The number of aromatic hydroxyl groups is 1. The first-order valence-electron chi connectivity index (χ1n) is 7.12. The Hall–Kier alpha value is -2.83. The van der Waals surface area contributed by atoms with Crippen LogP contribution < -0.4 is 0 Å². The Kier molecular flexibility index (Phi) is 3.79. The third-order valence-electron chi connectivity index (χ3n) is 3.85. The van der Waals surface area contributed by atoms with Crippen molar-refractivity contribution >= 4 is 16.6 Å². The Morgan fingerprint density at radius 3 is 2.58 bits per heavy atom. The molecule has 1 heterocycles. The molecule has 1 N–H and O–H groups in total. The second kappa shape index (κ2) is 5.67. The second-order valence-corrected chi connectivity index (χ2v) is 5.57. The number of benzene rings is 2. The van der Waals surface area contributed by atoms with Gasteiger partial charge in [-0.05, 0) is 41.9 Å². The first kappa shape index (κ1) is 16.0. The summed E-state index contributed by atoms with van der Waals surface area (Å²) in [6, 6.07) is 10.0. The van der Waals surface area contributed by atoms with Crippen molar-refractivity contribution in [1.82, 2.24) is 4.57 Å². The predicted octanol–water partition coefficient (Wildman–Crippen LogP) is 5.12. The number of rotatable bonds is 3. The molecule has 0 aliphatic heterocycles. The average Bonchev–Trinajstić information content (AvgIpc) is 2.78. The topological polar surface area (TPSA) is 54.6 Å². The number of hydrogen-bond acceptors (Lipinski definition) is 3. The monoisotopic (exact) mass is 334 g/mol. The number of fused-ring (bicyclic) bond motifs is 1. The van der Waals surface area contributed by atoms with Crippen molar-refractivity contribution in [2.75, 3.05) is 0 Å². The first-order valence-corrected chi connectivity index (χ1v) is 7.12. The van der Waals surface area contributed by atoms with Gasteiger partial charge in [-0.15, -0.1) is 4.91 Å². The Bertz CT molecular complexity index is 929. The van der Waals surface area contributed by atoms with Crippen LogP contribution in [0.25, 0.3) is 10.9 Å². The highest BCUT2D eigenvalue weighted by atomic mass is 19.4. The smallest absolute Gasteiger partial charge is 0.416 e. The maximum atomic E-state index is 12.8. The summed E-state index contributed by atoms with van der Waals surface area (Å²) >= 11 is 0. The van der Waals surface area contributed by atoms with E-state index in [1.807, 2.05) is 6.92 Å². The standard InChI is InChI=1S/C17H13F3N2O2/c1-10-5-6-14-13(7-10)15(21-24)16(23)22(14)9-11-3-2-4-12(8-11)17(18,19)20/h2-8,23H,9H2,1H3. The van der Waals surface area contributed by atoms with Gasteiger partial charge in [0.15, 0.2) is 5.69 Å². The molecule has 0 saturated carbocycles. The van der Waals surface area contributed by atoms with Crippen molar-refractivity contribution in [3.8, 4) is 5.88 Å². The summed E-state index contributed by atoms with van der Waals surface area (Å²) in [5, 5.41) is 13.6. The van der Waals surface area contributed by atoms with Gasteiger partial charge in [-0.25, -0.2) is 0 Å². The summed E-state index contributed by atoms with van der Waals surface area (Å²) in [6.45, 7) is 1.82. The minimum atomic E-state index is -4.44. The molecule has 7 heteroatoms. The largest absolute Gasteiger partial charge is 0.493 e. The van der Waals surface area contributed by atoms with Crippen molar-refractivity contribution < 1.29 is 18.3 Å². The zero-order valence-corrected chi connectivity index (χ0v) is 12.6. The van der Waals surface area contributed by atoms with Gasteiger partial charge >= 0.3 is 6.18 Å². The lowest BCUT2D eigenvalue weighted by molar-refractivity contribution is -0.137. The van der Waals surface area contributed by atoms with E-state index in [0.717, 1.165) is 17.7 Å². The van der Waals surface area contributed by atoms with Crippen molar-refractivity contribution in [1.29, 1.82) is 0 Å². The zero-order valence-electron chi connectivity index (χ0n) is 12.6. The van der Waals surface area contributed by atoms with E-state index in [1.165, 1.54) is 16.7 Å². The van der Waals surface area contributed by atoms with Crippen LogP contribution in [0.5, 0.6) is 5.88 Å². The quantitative estimate of drug-likeness (QED) is 0.676. The van der Waals surface area contributed by atoms with Crippen LogP contribution in [0.2, 0.25) is 0 Å². The van der Waals surface area contributed by atoms with Crippen LogP contribution in [0.15, 0.2) is 47.6 Å². The highest BCUT2D eigenvalue weighted by molar-refractivity contribution is 5.95. The van der Waals surface area contributed by atoms with Crippen LogP contribution in [0.1, 0.15) is 16.7 Å². The van der Waals surface area contributed by atoms with E-state index < -0.39 is 11.7 Å². The molecular formula is C17H13F3N2O2. The molecule has 24 heavy (non-hydrogen) atoms. The summed E-state index contributed by atoms with van der Waals surface area (Å²) in [7, 11) is 0. The summed E-state index contributed by atoms with van der Waals surface area (Å²) in [5.74, 6) is -0.358. The zero-order chi connectivity index (χ0) is 17.5. The van der Waals surface area contributed by atoms with E-state index in [0.29, 0.717) is 16.5 Å². The van der Waals surface area contributed by atoms with Crippen LogP contribution in [-0.2, 0) is 12.7 Å². The molecule has 124 valence electrons. The molecule has 0 aliphatic carbocycles. The summed E-state index contributed by atoms with van der Waals surface area (Å²) < 4.78 is 39.9. The Balaban J connectivity index is 2.11. The van der Waals surface area contributed by atoms with E-state index in [1.54, 1.807) is 18.2 Å². The van der Waals surface area contributed by atoms with Crippen LogP contribution in [-0.4, -0.2) is 9.67 Å². The van der Waals surface area contributed by atoms with Gasteiger partial charge in [0.25, 0.3) is 0 Å². The van der Waals surface area contributed by atoms with E-state index in [2.05, 4.69) is 5.18 Å². The third-order valence-corrected chi connectivity index (χ3v) is 3.85. The maximum Gasteiger partial charge on any atom is 0.416 e. The number of halogens is 3. The lowest BCUT2D eigenvalue weighted by Crippen LogP contribution is -2.06. The molecule has 0 atom stereocenters. The van der Waals surface area contributed by atoms with E-state index >= 15 is 0 Å². The number of alkyl halides is 3. The number of nitroso groups, excluding NO2 is 1. The van der Waals surface area contributed by atoms with Gasteiger partial charge < -0.3 is 9.67 Å². The van der Waals surface area contributed by atoms with Gasteiger partial charge in [-0.2, -0.15) is 13.2 Å². The molecule has 1 aromatic heterocycles. The molecule has 0 saturated heterocycles. The Morgan fingerprint density at radius 1 is 1.17 bits per heavy atom. The molecule has 0 unspecified atom stereocenters. The fraction of sp³-hybridized carbons (Fsp3) is 0.176. The fourth-order valence-corrected chi connectivity index (χ4v) is 2.72. The van der Waals surface area contributed by atoms with E-state index in [9.17, 15) is 23.2 Å². The number of hydrogen-bond donors (Lipinski definition) is 1. The lowest BCUT2D eigenvalue weighted by Gasteiger charge is -2.11. The highest BCUT2D eigenvalue weighted by Crippen LogP contribution is 2.39. The average molecular weight is 334 g/mol. The van der Waals surface area contributed by atoms with Gasteiger partial charge in [-0.1, -0.05) is 23.8 Å². The van der Waals surface area contributed by atoms with Gasteiger partial charge in [0.2, 0.25) is 5.88 Å². The fourth-order valence-electron chi connectivity index (χ4n) is 2.72. The predicted molar refractivity (Wildman–Crippen MR) is 84.3 cm³/mol. The Labute approximate surface area is 135 Å². The van der Waals surface area contributed by atoms with Crippen LogP contribution in [0.4, 0.5) is 18.9 Å². The summed E-state index contributed by atoms with van der Waals surface area (Å²) in [4.78, 5) is 11.0. The molecular weight excluding hydrogens is 321 g/mol. The molecule has 0 radical (unpaired) electrons. The van der Waals surface area contributed by atoms with Crippen LogP contribution >= 0.6 is 0 Å². The number of aromatic nitrogens is 1. The number of aryl methyl sites for hydroxylation is 1. The lowest BCUT2D eigenvalue weighted by atomic mass is 10.1. The van der Waals surface area contributed by atoms with E-state index in [-0.39, 0.29) is 18.1 Å².